The van der Waals surface area contributed by atoms with Gasteiger partial charge in [-0.15, -0.1) is 0 Å². The van der Waals surface area contributed by atoms with E-state index in [-0.39, 0.29) is 5.91 Å². The third kappa shape index (κ3) is 3.86. The van der Waals surface area contributed by atoms with Crippen LogP contribution < -0.4 is 4.90 Å². The molecule has 22 heavy (non-hydrogen) atoms. The highest BCUT2D eigenvalue weighted by Crippen LogP contribution is 2.21. The second-order valence-electron chi connectivity index (χ2n) is 5.14. The molecule has 0 aliphatic carbocycles. The van der Waals surface area contributed by atoms with Gasteiger partial charge in [0.15, 0.2) is 0 Å². The smallest absolute Gasteiger partial charge is 0.258 e. The number of rotatable bonds is 4. The normalized spacial score (nSPS) is 10.1. The van der Waals surface area contributed by atoms with Crippen LogP contribution in [-0.4, -0.2) is 12.5 Å². The second kappa shape index (κ2) is 7.41. The summed E-state index contributed by atoms with van der Waals surface area (Å²) in [5.74, 6) is -0.0742. The predicted molar refractivity (Wildman–Crippen MR) is 97.0 cm³/mol. The number of carbonyl (C=O) groups is 1. The Balaban J connectivity index is 2.36. The Morgan fingerprint density at radius 3 is 2.41 bits per heavy atom. The average molecular weight is 404 g/mol. The number of carbonyl (C=O) groups excluding carboxylic acids is 1. The summed E-state index contributed by atoms with van der Waals surface area (Å²) in [5.41, 5.74) is 3.79. The Hall–Kier alpha value is -1.87. The van der Waals surface area contributed by atoms with Crippen LogP contribution in [0.5, 0.6) is 0 Å². The summed E-state index contributed by atoms with van der Waals surface area (Å²) in [5, 5.41) is 8.86. The molecule has 2 aromatic carbocycles. The Kier molecular flexibility index (Phi) is 5.56. The zero-order chi connectivity index (χ0) is 16.1. The molecule has 112 valence electrons. The fourth-order valence-electron chi connectivity index (χ4n) is 2.15. The molecule has 2 aromatic rings. The molecule has 2 rings (SSSR count). The molecule has 0 saturated heterocycles. The van der Waals surface area contributed by atoms with E-state index in [1.807, 2.05) is 56.3 Å². The minimum atomic E-state index is -0.0742. The summed E-state index contributed by atoms with van der Waals surface area (Å²) in [7, 11) is 0. The van der Waals surface area contributed by atoms with Crippen LogP contribution in [0.3, 0.4) is 0 Å². The third-order valence-corrected chi connectivity index (χ3v) is 4.30. The fraction of sp³-hybridized carbons (Fsp3) is 0.222. The molecule has 1 amide bonds. The van der Waals surface area contributed by atoms with Crippen molar-refractivity contribution in [3.63, 3.8) is 0 Å². The zero-order valence-electron chi connectivity index (χ0n) is 12.6. The molecule has 0 unspecified atom stereocenters. The van der Waals surface area contributed by atoms with Crippen molar-refractivity contribution in [3.05, 3.63) is 62.7 Å². The van der Waals surface area contributed by atoms with Crippen LogP contribution >= 0.6 is 22.6 Å². The van der Waals surface area contributed by atoms with Crippen LogP contribution in [-0.2, 0) is 0 Å². The molecule has 0 aromatic heterocycles. The molecule has 0 fully saturated rings. The number of nitriles is 1. The van der Waals surface area contributed by atoms with Crippen LogP contribution in [0.1, 0.15) is 27.9 Å². The van der Waals surface area contributed by atoms with E-state index in [0.29, 0.717) is 18.5 Å². The van der Waals surface area contributed by atoms with Gasteiger partial charge in [-0.25, -0.2) is 0 Å². The molecule has 3 nitrogen and oxygen atoms in total. The molecular formula is C18H17IN2O. The lowest BCUT2D eigenvalue weighted by molar-refractivity contribution is 0.0987. The average Bonchev–Trinajstić information content (AvgIpc) is 2.51. The molecule has 0 atom stereocenters. The highest BCUT2D eigenvalue weighted by Gasteiger charge is 2.17. The van der Waals surface area contributed by atoms with Gasteiger partial charge in [0.2, 0.25) is 0 Å². The van der Waals surface area contributed by atoms with Crippen LogP contribution in [0.4, 0.5) is 5.69 Å². The first-order valence-corrected chi connectivity index (χ1v) is 8.12. The van der Waals surface area contributed by atoms with Gasteiger partial charge in [-0.05, 0) is 84.0 Å². The molecule has 0 bridgehead atoms. The van der Waals surface area contributed by atoms with E-state index in [1.54, 1.807) is 4.90 Å². The van der Waals surface area contributed by atoms with E-state index in [2.05, 4.69) is 28.7 Å². The van der Waals surface area contributed by atoms with E-state index in [4.69, 9.17) is 5.26 Å². The lowest BCUT2D eigenvalue weighted by Crippen LogP contribution is -2.31. The van der Waals surface area contributed by atoms with E-state index < -0.39 is 0 Å². The number of anilines is 1. The van der Waals surface area contributed by atoms with Gasteiger partial charge in [0.05, 0.1) is 12.5 Å². The molecular weight excluding hydrogens is 387 g/mol. The summed E-state index contributed by atoms with van der Waals surface area (Å²) in [4.78, 5) is 14.5. The van der Waals surface area contributed by atoms with Gasteiger partial charge >= 0.3 is 0 Å². The molecule has 0 spiro atoms. The van der Waals surface area contributed by atoms with Gasteiger partial charge in [0.25, 0.3) is 5.91 Å². The van der Waals surface area contributed by atoms with Crippen molar-refractivity contribution in [1.29, 1.82) is 5.26 Å². The van der Waals surface area contributed by atoms with Crippen molar-refractivity contribution < 1.29 is 4.79 Å². The highest BCUT2D eigenvalue weighted by atomic mass is 127. The lowest BCUT2D eigenvalue weighted by Gasteiger charge is -2.23. The van der Waals surface area contributed by atoms with E-state index in [0.717, 1.165) is 14.8 Å². The number of aryl methyl sites for hydroxylation is 2. The van der Waals surface area contributed by atoms with Crippen LogP contribution in [0.15, 0.2) is 42.5 Å². The third-order valence-electron chi connectivity index (χ3n) is 3.59. The summed E-state index contributed by atoms with van der Waals surface area (Å²) < 4.78 is 1.09. The van der Waals surface area contributed by atoms with Gasteiger partial charge in [-0.1, -0.05) is 6.07 Å². The summed E-state index contributed by atoms with van der Waals surface area (Å²) in [6.07, 6.45) is 0.309. The molecule has 0 N–H and O–H groups in total. The van der Waals surface area contributed by atoms with Crippen molar-refractivity contribution >= 4 is 34.2 Å². The van der Waals surface area contributed by atoms with E-state index >= 15 is 0 Å². The maximum absolute atomic E-state index is 12.8. The summed E-state index contributed by atoms with van der Waals surface area (Å²) in [6.45, 7) is 4.46. The standard InChI is InChI=1S/C18H17IN2O/c1-13-4-9-17(12-14(13)2)21(11-3-10-20)18(22)15-5-7-16(19)8-6-15/h4-9,12H,3,11H2,1-2H3. The first-order valence-electron chi connectivity index (χ1n) is 7.04. The van der Waals surface area contributed by atoms with Crippen molar-refractivity contribution in [2.45, 2.75) is 20.3 Å². The summed E-state index contributed by atoms with van der Waals surface area (Å²) >= 11 is 2.21. The Bertz CT molecular complexity index is 717. The molecule has 0 saturated carbocycles. The maximum Gasteiger partial charge on any atom is 0.258 e. The zero-order valence-corrected chi connectivity index (χ0v) is 14.8. The summed E-state index contributed by atoms with van der Waals surface area (Å²) in [6, 6.07) is 15.5. The van der Waals surface area contributed by atoms with Gasteiger partial charge in [0.1, 0.15) is 0 Å². The molecule has 0 aliphatic rings. The van der Waals surface area contributed by atoms with E-state index in [1.165, 1.54) is 5.56 Å². The van der Waals surface area contributed by atoms with Crippen molar-refractivity contribution in [2.75, 3.05) is 11.4 Å². The van der Waals surface area contributed by atoms with Crippen LogP contribution in [0.25, 0.3) is 0 Å². The quantitative estimate of drug-likeness (QED) is 0.706. The molecule has 4 heteroatoms. The fourth-order valence-corrected chi connectivity index (χ4v) is 2.51. The number of halogens is 1. The maximum atomic E-state index is 12.8. The van der Waals surface area contributed by atoms with Crippen molar-refractivity contribution in [2.24, 2.45) is 0 Å². The largest absolute Gasteiger partial charge is 0.307 e. The highest BCUT2D eigenvalue weighted by molar-refractivity contribution is 14.1. The minimum Gasteiger partial charge on any atom is -0.307 e. The first kappa shape index (κ1) is 16.5. The second-order valence-corrected chi connectivity index (χ2v) is 6.39. The van der Waals surface area contributed by atoms with Gasteiger partial charge in [0, 0.05) is 21.4 Å². The number of hydrogen-bond donors (Lipinski definition) is 0. The van der Waals surface area contributed by atoms with Crippen LogP contribution in [0.2, 0.25) is 0 Å². The van der Waals surface area contributed by atoms with Crippen molar-refractivity contribution in [1.82, 2.24) is 0 Å². The number of benzene rings is 2. The molecule has 0 radical (unpaired) electrons. The topological polar surface area (TPSA) is 44.1 Å². The minimum absolute atomic E-state index is 0.0742. The monoisotopic (exact) mass is 404 g/mol. The predicted octanol–water partition coefficient (Wildman–Crippen LogP) is 4.47. The van der Waals surface area contributed by atoms with Gasteiger partial charge < -0.3 is 4.90 Å². The number of amides is 1. The Morgan fingerprint density at radius 2 is 1.82 bits per heavy atom. The van der Waals surface area contributed by atoms with Crippen molar-refractivity contribution in [3.8, 4) is 6.07 Å². The molecule has 0 aliphatic heterocycles. The lowest BCUT2D eigenvalue weighted by atomic mass is 10.1. The van der Waals surface area contributed by atoms with Crippen LogP contribution in [0, 0.1) is 28.7 Å². The SMILES string of the molecule is Cc1ccc(N(CCC#N)C(=O)c2ccc(I)cc2)cc1C. The van der Waals surface area contributed by atoms with Gasteiger partial charge in [-0.2, -0.15) is 5.26 Å². The van der Waals surface area contributed by atoms with Gasteiger partial charge in [-0.3, -0.25) is 4.79 Å². The number of hydrogen-bond acceptors (Lipinski definition) is 2. The molecule has 0 heterocycles. The van der Waals surface area contributed by atoms with E-state index in [9.17, 15) is 4.79 Å². The first-order chi connectivity index (χ1) is 10.5. The number of nitrogens with zero attached hydrogens (tertiary/aromatic N) is 2. The Morgan fingerprint density at radius 1 is 1.14 bits per heavy atom. The Labute approximate surface area is 144 Å².